The molecule has 0 unspecified atom stereocenters. The van der Waals surface area contributed by atoms with E-state index in [0.29, 0.717) is 28.7 Å². The topological polar surface area (TPSA) is 89.3 Å². The minimum Gasteiger partial charge on any atom is -0.497 e. The highest BCUT2D eigenvalue weighted by Crippen LogP contribution is 2.33. The van der Waals surface area contributed by atoms with Gasteiger partial charge in [0.05, 0.1) is 37.3 Å². The number of halogens is 1. The van der Waals surface area contributed by atoms with Crippen LogP contribution >= 0.6 is 0 Å². The van der Waals surface area contributed by atoms with Gasteiger partial charge in [-0.3, -0.25) is 14.5 Å². The van der Waals surface area contributed by atoms with Crippen LogP contribution in [0.4, 0.5) is 4.39 Å². The largest absolute Gasteiger partial charge is 0.497 e. The first-order chi connectivity index (χ1) is 18.2. The number of pyridine rings is 1. The predicted octanol–water partition coefficient (Wildman–Crippen LogP) is 5.35. The molecule has 0 atom stereocenters. The molecule has 0 radical (unpaired) electrons. The van der Waals surface area contributed by atoms with Crippen LogP contribution in [-0.2, 0) is 6.54 Å². The molecular weight excluding hydrogens is 483 g/mol. The van der Waals surface area contributed by atoms with Crippen LogP contribution in [0, 0.1) is 11.7 Å². The lowest BCUT2D eigenvalue weighted by molar-refractivity contribution is -0.00257. The molecule has 5 rings (SSSR count). The van der Waals surface area contributed by atoms with Gasteiger partial charge in [0.1, 0.15) is 11.3 Å². The minimum atomic E-state index is -0.684. The number of fused-ring (bicyclic) bond motifs is 1. The van der Waals surface area contributed by atoms with Gasteiger partial charge in [-0.15, -0.1) is 0 Å². The van der Waals surface area contributed by atoms with Crippen LogP contribution < -0.4 is 10.1 Å². The summed E-state index contributed by atoms with van der Waals surface area (Å²) in [6.45, 7) is 4.12. The Morgan fingerprint density at radius 2 is 1.76 bits per heavy atom. The number of rotatable bonds is 7. The third-order valence-electron chi connectivity index (χ3n) is 7.60. The molecule has 0 bridgehead atoms. The van der Waals surface area contributed by atoms with Crippen LogP contribution in [-0.4, -0.2) is 44.5 Å². The first kappa shape index (κ1) is 25.9. The third kappa shape index (κ3) is 5.41. The van der Waals surface area contributed by atoms with Crippen molar-refractivity contribution in [1.82, 2.24) is 20.1 Å². The first-order valence-electron chi connectivity index (χ1n) is 13.0. The van der Waals surface area contributed by atoms with E-state index in [1.165, 1.54) is 6.20 Å². The van der Waals surface area contributed by atoms with E-state index < -0.39 is 11.4 Å². The molecule has 1 fully saturated rings. The highest BCUT2D eigenvalue weighted by molar-refractivity contribution is 5.96. The second kappa shape index (κ2) is 10.5. The summed E-state index contributed by atoms with van der Waals surface area (Å²) < 4.78 is 21.7. The number of carbonyl (C=O) groups is 1. The number of hydrogen-bond acceptors (Lipinski definition) is 5. The Labute approximate surface area is 221 Å². The summed E-state index contributed by atoms with van der Waals surface area (Å²) >= 11 is 0. The number of ether oxygens (including phenoxy) is 1. The van der Waals surface area contributed by atoms with E-state index in [2.05, 4.69) is 15.4 Å². The molecule has 2 aromatic heterocycles. The Hall–Kier alpha value is -3.78. The van der Waals surface area contributed by atoms with Crippen molar-refractivity contribution in [2.75, 3.05) is 7.11 Å². The zero-order chi connectivity index (χ0) is 26.9. The number of amides is 1. The fraction of sp³-hybridized carbons (Fsp3) is 0.367. The summed E-state index contributed by atoms with van der Waals surface area (Å²) in [6.07, 6.45) is 6.36. The molecule has 7 nitrogen and oxygen atoms in total. The van der Waals surface area contributed by atoms with Gasteiger partial charge in [-0.25, -0.2) is 4.39 Å². The summed E-state index contributed by atoms with van der Waals surface area (Å²) in [4.78, 5) is 17.2. The van der Waals surface area contributed by atoms with Crippen molar-refractivity contribution in [2.45, 2.75) is 57.7 Å². The normalized spacial score (nSPS) is 17.9. The summed E-state index contributed by atoms with van der Waals surface area (Å²) in [5.41, 5.74) is 2.62. The molecule has 38 heavy (non-hydrogen) atoms. The molecule has 0 aliphatic heterocycles. The summed E-state index contributed by atoms with van der Waals surface area (Å²) in [7, 11) is 1.62. The van der Waals surface area contributed by atoms with Gasteiger partial charge in [-0.1, -0.05) is 24.3 Å². The smallest absolute Gasteiger partial charge is 0.251 e. The van der Waals surface area contributed by atoms with E-state index in [4.69, 9.17) is 4.74 Å². The number of nitrogens with zero attached hydrogens (tertiary/aromatic N) is 3. The molecule has 2 aromatic carbocycles. The Morgan fingerprint density at radius 3 is 2.39 bits per heavy atom. The number of hydrogen-bond donors (Lipinski definition) is 2. The quantitative estimate of drug-likeness (QED) is 0.346. The number of carbonyl (C=O) groups excluding carboxylic acids is 1. The lowest BCUT2D eigenvalue weighted by Gasteiger charge is -2.36. The van der Waals surface area contributed by atoms with Crippen molar-refractivity contribution in [1.29, 1.82) is 0 Å². The second-order valence-corrected chi connectivity index (χ2v) is 10.6. The number of nitrogens with one attached hydrogen (secondary N) is 1. The van der Waals surface area contributed by atoms with E-state index in [9.17, 15) is 14.3 Å². The van der Waals surface area contributed by atoms with Gasteiger partial charge in [0.25, 0.3) is 5.91 Å². The molecule has 198 valence electrons. The Bertz CT molecular complexity index is 1420. The van der Waals surface area contributed by atoms with Crippen LogP contribution in [0.25, 0.3) is 22.2 Å². The van der Waals surface area contributed by atoms with Gasteiger partial charge in [-0.05, 0) is 75.3 Å². The number of methoxy groups -OCH3 is 1. The van der Waals surface area contributed by atoms with Crippen molar-refractivity contribution < 1.29 is 19.0 Å². The molecule has 1 saturated carbocycles. The van der Waals surface area contributed by atoms with E-state index >= 15 is 0 Å². The van der Waals surface area contributed by atoms with Gasteiger partial charge in [0, 0.05) is 22.6 Å². The van der Waals surface area contributed by atoms with Crippen molar-refractivity contribution in [3.63, 3.8) is 0 Å². The maximum absolute atomic E-state index is 14.9. The van der Waals surface area contributed by atoms with Gasteiger partial charge < -0.3 is 15.2 Å². The SMILES string of the molecule is COc1ccc(Cn2ncc3c(-c4ccc(C(=O)NC5CCC(C(C)(C)O)CC5)cc4)ncc(F)c32)cc1. The molecule has 4 aromatic rings. The highest BCUT2D eigenvalue weighted by Gasteiger charge is 2.31. The molecule has 0 spiro atoms. The first-order valence-corrected chi connectivity index (χ1v) is 13.0. The molecule has 2 N–H and O–H groups in total. The van der Waals surface area contributed by atoms with Gasteiger partial charge in [-0.2, -0.15) is 5.10 Å². The van der Waals surface area contributed by atoms with Crippen molar-refractivity contribution >= 4 is 16.8 Å². The molecule has 1 aliphatic rings. The summed E-state index contributed by atoms with van der Waals surface area (Å²) in [5.74, 6) is 0.459. The monoisotopic (exact) mass is 516 g/mol. The van der Waals surface area contributed by atoms with E-state index in [0.717, 1.165) is 42.6 Å². The summed E-state index contributed by atoms with van der Waals surface area (Å²) in [6, 6.07) is 14.9. The van der Waals surface area contributed by atoms with Crippen molar-refractivity contribution in [3.05, 3.63) is 77.9 Å². The van der Waals surface area contributed by atoms with E-state index in [1.54, 1.807) is 30.1 Å². The maximum Gasteiger partial charge on any atom is 0.251 e. The molecule has 1 amide bonds. The van der Waals surface area contributed by atoms with E-state index in [1.807, 2.05) is 50.2 Å². The van der Waals surface area contributed by atoms with Crippen LogP contribution in [0.5, 0.6) is 5.75 Å². The van der Waals surface area contributed by atoms with Gasteiger partial charge in [0.2, 0.25) is 0 Å². The fourth-order valence-electron chi connectivity index (χ4n) is 5.31. The Kier molecular flexibility index (Phi) is 7.17. The zero-order valence-corrected chi connectivity index (χ0v) is 21.9. The van der Waals surface area contributed by atoms with Crippen LogP contribution in [0.1, 0.15) is 55.5 Å². The number of benzene rings is 2. The molecule has 0 saturated heterocycles. The van der Waals surface area contributed by atoms with Crippen molar-refractivity contribution in [2.24, 2.45) is 5.92 Å². The van der Waals surface area contributed by atoms with Crippen LogP contribution in [0.2, 0.25) is 0 Å². The second-order valence-electron chi connectivity index (χ2n) is 10.6. The summed E-state index contributed by atoms with van der Waals surface area (Å²) in [5, 5.41) is 18.4. The maximum atomic E-state index is 14.9. The average molecular weight is 517 g/mol. The van der Waals surface area contributed by atoms with Gasteiger partial charge >= 0.3 is 0 Å². The van der Waals surface area contributed by atoms with E-state index in [-0.39, 0.29) is 17.9 Å². The van der Waals surface area contributed by atoms with Crippen molar-refractivity contribution in [3.8, 4) is 17.0 Å². The Balaban J connectivity index is 1.31. The highest BCUT2D eigenvalue weighted by atomic mass is 19.1. The average Bonchev–Trinajstić information content (AvgIpc) is 3.34. The molecule has 1 aliphatic carbocycles. The minimum absolute atomic E-state index is 0.107. The zero-order valence-electron chi connectivity index (χ0n) is 21.9. The molecular formula is C30H33FN4O3. The molecule has 8 heteroatoms. The van der Waals surface area contributed by atoms with Crippen LogP contribution in [0.3, 0.4) is 0 Å². The Morgan fingerprint density at radius 1 is 1.08 bits per heavy atom. The lowest BCUT2D eigenvalue weighted by Crippen LogP contribution is -2.41. The fourth-order valence-corrected chi connectivity index (χ4v) is 5.31. The van der Waals surface area contributed by atoms with Gasteiger partial charge in [0.15, 0.2) is 5.82 Å². The third-order valence-corrected chi connectivity index (χ3v) is 7.60. The number of aromatic nitrogens is 3. The lowest BCUT2D eigenvalue weighted by atomic mass is 9.77. The molecule has 2 heterocycles. The standard InChI is InChI=1S/C30H33FN4O3/c1-30(2,37)22-10-12-23(13-11-22)34-29(36)21-8-6-20(7-9-21)27-25-16-33-35(28(25)26(31)17-32-27)18-19-4-14-24(38-3)15-5-19/h4-9,14-17,22-23,37H,10-13,18H2,1-3H3,(H,34,36). The van der Waals surface area contributed by atoms with Crippen LogP contribution in [0.15, 0.2) is 60.9 Å². The number of aliphatic hydroxyl groups is 1. The predicted molar refractivity (Wildman–Crippen MR) is 145 cm³/mol.